The van der Waals surface area contributed by atoms with E-state index < -0.39 is 0 Å². The van der Waals surface area contributed by atoms with Gasteiger partial charge in [-0.25, -0.2) is 4.00 Å². The number of quaternary nitrogens is 1. The molecule has 1 nitrogen and oxygen atoms in total. The molecule has 0 atom stereocenters. The molecule has 0 unspecified atom stereocenters. The van der Waals surface area contributed by atoms with Crippen molar-refractivity contribution in [3.8, 4) is 0 Å². The number of rotatable bonds is 34. The van der Waals surface area contributed by atoms with Gasteiger partial charge >= 0.3 is 0 Å². The van der Waals surface area contributed by atoms with Crippen LogP contribution in [0.5, 0.6) is 0 Å². The maximum atomic E-state index is 6.80. The second-order valence-corrected chi connectivity index (χ2v) is 14.1. The molecule has 0 fully saturated rings. The highest BCUT2D eigenvalue weighted by atomic mass is 35.5. The molecule has 0 amide bonds. The zero-order valence-corrected chi connectivity index (χ0v) is 28.6. The normalized spacial score (nSPS) is 12.0. The Morgan fingerprint density at radius 2 is 0.436 bits per heavy atom. The van der Waals surface area contributed by atoms with Crippen LogP contribution in [0.3, 0.4) is 0 Å². The number of nitrogens with zero attached hydrogens (tertiary/aromatic N) is 1. The van der Waals surface area contributed by atoms with E-state index >= 15 is 0 Å². The molecule has 0 aliphatic carbocycles. The Morgan fingerprint density at radius 3 is 0.615 bits per heavy atom. The summed E-state index contributed by atoms with van der Waals surface area (Å²) < 4.78 is 0.719. The molecular formula is C37H77ClN+. The summed E-state index contributed by atoms with van der Waals surface area (Å²) >= 11 is 6.80. The Hall–Kier alpha value is 0.250. The van der Waals surface area contributed by atoms with Crippen molar-refractivity contribution in [1.82, 2.24) is 0 Å². The first-order chi connectivity index (χ1) is 19.1. The Labute approximate surface area is 254 Å². The molecule has 39 heavy (non-hydrogen) atoms. The van der Waals surface area contributed by atoms with Gasteiger partial charge in [-0.3, -0.25) is 0 Å². The van der Waals surface area contributed by atoms with E-state index in [9.17, 15) is 0 Å². The molecule has 0 aliphatic rings. The van der Waals surface area contributed by atoms with Crippen LogP contribution < -0.4 is 0 Å². The minimum Gasteiger partial charge on any atom is -0.224 e. The van der Waals surface area contributed by atoms with Gasteiger partial charge < -0.3 is 0 Å². The molecule has 0 aromatic heterocycles. The fraction of sp³-hybridized carbons (Fsp3) is 1.00. The van der Waals surface area contributed by atoms with Gasteiger partial charge in [0, 0.05) is 0 Å². The van der Waals surface area contributed by atoms with Crippen LogP contribution in [-0.4, -0.2) is 24.1 Å². The summed E-state index contributed by atoms with van der Waals surface area (Å²) in [4.78, 5) is 0. The Kier molecular flexibility index (Phi) is 33.0. The lowest BCUT2D eigenvalue weighted by Gasteiger charge is -2.24. The first kappa shape index (κ1) is 39.2. The number of unbranched alkanes of at least 4 members (excludes halogenated alkanes) is 30. The van der Waals surface area contributed by atoms with Gasteiger partial charge in [0.1, 0.15) is 0 Å². The van der Waals surface area contributed by atoms with Gasteiger partial charge in [-0.15, -0.1) is 0 Å². The summed E-state index contributed by atoms with van der Waals surface area (Å²) in [5.41, 5.74) is 0. The van der Waals surface area contributed by atoms with Gasteiger partial charge in [0.25, 0.3) is 0 Å². The largest absolute Gasteiger partial charge is 0.224 e. The van der Waals surface area contributed by atoms with E-state index in [4.69, 9.17) is 11.8 Å². The average molecular weight is 571 g/mol. The lowest BCUT2D eigenvalue weighted by molar-refractivity contribution is -0.794. The van der Waals surface area contributed by atoms with Gasteiger partial charge in [-0.05, 0) is 25.7 Å². The van der Waals surface area contributed by atoms with Crippen molar-refractivity contribution >= 4 is 11.8 Å². The SMILES string of the molecule is CCCCCCCCCCCCCCCCCC[N+](C)(Cl)CCCCCCCCCCCCCCCCCC. The summed E-state index contributed by atoms with van der Waals surface area (Å²) in [5, 5.41) is 0. The fourth-order valence-corrected chi connectivity index (χ4v) is 6.33. The molecule has 236 valence electrons. The van der Waals surface area contributed by atoms with Crippen LogP contribution in [0.2, 0.25) is 0 Å². The van der Waals surface area contributed by atoms with E-state index in [2.05, 4.69) is 20.9 Å². The molecule has 0 spiro atoms. The van der Waals surface area contributed by atoms with Crippen LogP contribution in [0.25, 0.3) is 0 Å². The van der Waals surface area contributed by atoms with Crippen molar-refractivity contribution in [3.63, 3.8) is 0 Å². The summed E-state index contributed by atoms with van der Waals surface area (Å²) in [6.07, 6.45) is 45.9. The predicted octanol–water partition coefficient (Wildman–Crippen LogP) is 14.1. The second kappa shape index (κ2) is 32.8. The third-order valence-electron chi connectivity index (χ3n) is 8.96. The van der Waals surface area contributed by atoms with Crippen LogP contribution in [0.4, 0.5) is 0 Å². The van der Waals surface area contributed by atoms with Gasteiger partial charge in [0.2, 0.25) is 0 Å². The summed E-state index contributed by atoms with van der Waals surface area (Å²) in [6.45, 7) is 6.91. The lowest BCUT2D eigenvalue weighted by atomic mass is 10.0. The molecule has 0 aliphatic heterocycles. The van der Waals surface area contributed by atoms with E-state index in [1.165, 1.54) is 205 Å². The second-order valence-electron chi connectivity index (χ2n) is 13.3. The highest BCUT2D eigenvalue weighted by Crippen LogP contribution is 2.18. The monoisotopic (exact) mass is 571 g/mol. The first-order valence-electron chi connectivity index (χ1n) is 18.7. The molecular weight excluding hydrogens is 494 g/mol. The lowest BCUT2D eigenvalue weighted by Crippen LogP contribution is -2.35. The van der Waals surface area contributed by atoms with Crippen LogP contribution in [0.1, 0.15) is 219 Å². The third kappa shape index (κ3) is 34.4. The van der Waals surface area contributed by atoms with Crippen molar-refractivity contribution in [2.45, 2.75) is 219 Å². The van der Waals surface area contributed by atoms with Gasteiger partial charge in [0.05, 0.1) is 20.1 Å². The van der Waals surface area contributed by atoms with E-state index in [-0.39, 0.29) is 0 Å². The number of hydrogen-bond acceptors (Lipinski definition) is 0. The molecule has 0 radical (unpaired) electrons. The van der Waals surface area contributed by atoms with Crippen molar-refractivity contribution in [2.24, 2.45) is 0 Å². The third-order valence-corrected chi connectivity index (χ3v) is 9.29. The van der Waals surface area contributed by atoms with Gasteiger partial charge in [-0.1, -0.05) is 194 Å². The minimum atomic E-state index is 0.719. The molecule has 0 N–H and O–H groups in total. The highest BCUT2D eigenvalue weighted by molar-refractivity contribution is 6.06. The first-order valence-corrected chi connectivity index (χ1v) is 19.0. The summed E-state index contributed by atoms with van der Waals surface area (Å²) in [7, 11) is 2.23. The molecule has 0 saturated carbocycles. The number of halogens is 1. The Bertz CT molecular complexity index is 397. The van der Waals surface area contributed by atoms with E-state index in [1.54, 1.807) is 0 Å². The van der Waals surface area contributed by atoms with Crippen molar-refractivity contribution in [3.05, 3.63) is 0 Å². The molecule has 0 saturated heterocycles. The van der Waals surface area contributed by atoms with E-state index in [0.29, 0.717) is 0 Å². The fourth-order valence-electron chi connectivity index (χ4n) is 6.09. The quantitative estimate of drug-likeness (QED) is 0.0532. The molecule has 0 heterocycles. The van der Waals surface area contributed by atoms with Crippen LogP contribution in [-0.2, 0) is 0 Å². The maximum absolute atomic E-state index is 6.80. The summed E-state index contributed by atoms with van der Waals surface area (Å²) in [5.74, 6) is 0. The van der Waals surface area contributed by atoms with E-state index in [0.717, 1.165) is 17.1 Å². The number of hydrogen-bond donors (Lipinski definition) is 0. The molecule has 0 bridgehead atoms. The minimum absolute atomic E-state index is 0.719. The van der Waals surface area contributed by atoms with E-state index in [1.807, 2.05) is 0 Å². The molecule has 2 heteroatoms. The van der Waals surface area contributed by atoms with Crippen molar-refractivity contribution < 1.29 is 4.00 Å². The van der Waals surface area contributed by atoms with Gasteiger partial charge in [-0.2, -0.15) is 0 Å². The predicted molar refractivity (Wildman–Crippen MR) is 181 cm³/mol. The Morgan fingerprint density at radius 1 is 0.282 bits per heavy atom. The topological polar surface area (TPSA) is 0 Å². The van der Waals surface area contributed by atoms with Gasteiger partial charge in [0.15, 0.2) is 11.8 Å². The maximum Gasteiger partial charge on any atom is 0.165 e. The van der Waals surface area contributed by atoms with Crippen molar-refractivity contribution in [1.29, 1.82) is 0 Å². The molecule has 0 aromatic carbocycles. The Balaban J connectivity index is 3.26. The summed E-state index contributed by atoms with van der Waals surface area (Å²) in [6, 6.07) is 0. The van der Waals surface area contributed by atoms with Crippen LogP contribution >= 0.6 is 11.8 Å². The zero-order chi connectivity index (χ0) is 28.5. The molecule has 0 aromatic rings. The molecule has 0 rings (SSSR count). The van der Waals surface area contributed by atoms with Crippen molar-refractivity contribution in [2.75, 3.05) is 20.1 Å². The smallest absolute Gasteiger partial charge is 0.165 e. The standard InChI is InChI=1S/C37H77ClN/c1-4-6-8-10-12-14-16-18-20-22-24-26-28-30-32-34-36-39(3,38)37-35-33-31-29-27-25-23-21-19-17-15-13-11-9-7-5-2/h4-37H2,1-3H3/q+1. The average Bonchev–Trinajstić information content (AvgIpc) is 2.92. The van der Waals surface area contributed by atoms with Crippen LogP contribution in [0, 0.1) is 0 Å². The highest BCUT2D eigenvalue weighted by Gasteiger charge is 2.17. The zero-order valence-electron chi connectivity index (χ0n) is 27.9. The van der Waals surface area contributed by atoms with Crippen LogP contribution in [0.15, 0.2) is 0 Å².